The van der Waals surface area contributed by atoms with Crippen molar-refractivity contribution in [2.24, 2.45) is 0 Å². The van der Waals surface area contributed by atoms with Crippen LogP contribution >= 0.6 is 0 Å². The number of benzene rings is 1. The third-order valence-electron chi connectivity index (χ3n) is 3.59. The third-order valence-corrected chi connectivity index (χ3v) is 3.59. The lowest BCUT2D eigenvalue weighted by molar-refractivity contribution is 0.552. The Bertz CT molecular complexity index is 298. The van der Waals surface area contributed by atoms with Gasteiger partial charge >= 0.3 is 0 Å². The molecule has 0 aromatic heterocycles. The Morgan fingerprint density at radius 2 is 1.30 bits per heavy atom. The van der Waals surface area contributed by atoms with Crippen LogP contribution < -0.4 is 10.6 Å². The quantitative estimate of drug-likeness (QED) is 0.530. The van der Waals surface area contributed by atoms with Crippen molar-refractivity contribution in [1.29, 1.82) is 0 Å². The van der Waals surface area contributed by atoms with Gasteiger partial charge in [-0.05, 0) is 44.5 Å². The first kappa shape index (κ1) is 17.2. The van der Waals surface area contributed by atoms with Gasteiger partial charge in [0.2, 0.25) is 0 Å². The van der Waals surface area contributed by atoms with Gasteiger partial charge in [-0.1, -0.05) is 62.9 Å². The monoisotopic (exact) mass is 276 g/mol. The van der Waals surface area contributed by atoms with Gasteiger partial charge < -0.3 is 10.6 Å². The summed E-state index contributed by atoms with van der Waals surface area (Å²) < 4.78 is 0. The first-order valence-corrected chi connectivity index (χ1v) is 8.39. The van der Waals surface area contributed by atoms with Crippen molar-refractivity contribution < 1.29 is 0 Å². The molecule has 0 fully saturated rings. The van der Waals surface area contributed by atoms with Gasteiger partial charge in [0, 0.05) is 6.54 Å². The van der Waals surface area contributed by atoms with Crippen molar-refractivity contribution in [1.82, 2.24) is 10.6 Å². The average Bonchev–Trinajstić information content (AvgIpc) is 2.49. The second-order valence-corrected chi connectivity index (χ2v) is 5.53. The summed E-state index contributed by atoms with van der Waals surface area (Å²) in [6.07, 6.45) is 9.35. The van der Waals surface area contributed by atoms with E-state index >= 15 is 0 Å². The molecule has 0 bridgehead atoms. The van der Waals surface area contributed by atoms with Crippen LogP contribution in [-0.4, -0.2) is 19.6 Å². The van der Waals surface area contributed by atoms with Crippen LogP contribution in [0.3, 0.4) is 0 Å². The second kappa shape index (κ2) is 13.1. The molecular formula is C18H32N2. The second-order valence-electron chi connectivity index (χ2n) is 5.53. The molecule has 2 N–H and O–H groups in total. The zero-order valence-corrected chi connectivity index (χ0v) is 13.2. The molecule has 0 spiro atoms. The molecule has 0 unspecified atom stereocenters. The maximum absolute atomic E-state index is 3.54. The van der Waals surface area contributed by atoms with Crippen LogP contribution in [0.15, 0.2) is 30.3 Å². The van der Waals surface area contributed by atoms with Gasteiger partial charge in [0.25, 0.3) is 0 Å². The molecular weight excluding hydrogens is 244 g/mol. The molecule has 0 saturated carbocycles. The number of rotatable bonds is 13. The molecule has 2 nitrogen and oxygen atoms in total. The van der Waals surface area contributed by atoms with Crippen LogP contribution in [-0.2, 0) is 6.54 Å². The summed E-state index contributed by atoms with van der Waals surface area (Å²) in [5.74, 6) is 0. The van der Waals surface area contributed by atoms with E-state index in [1.165, 1.54) is 63.6 Å². The molecule has 20 heavy (non-hydrogen) atoms. The number of hydrogen-bond acceptors (Lipinski definition) is 2. The van der Waals surface area contributed by atoms with Crippen molar-refractivity contribution in [3.05, 3.63) is 35.9 Å². The average molecular weight is 276 g/mol. The standard InChI is InChI=1S/C18H32N2/c1-2-3-4-9-14-19-15-10-6-11-16-20-17-18-12-7-5-8-13-18/h5,7-8,12-13,19-20H,2-4,6,9-11,14-17H2,1H3. The topological polar surface area (TPSA) is 24.1 Å². The molecule has 0 saturated heterocycles. The van der Waals surface area contributed by atoms with Crippen molar-refractivity contribution >= 4 is 0 Å². The number of hydrogen-bond donors (Lipinski definition) is 2. The van der Waals surface area contributed by atoms with E-state index in [4.69, 9.17) is 0 Å². The molecule has 1 aromatic carbocycles. The van der Waals surface area contributed by atoms with Crippen molar-refractivity contribution in [2.45, 2.75) is 58.4 Å². The van der Waals surface area contributed by atoms with Gasteiger partial charge in [0.15, 0.2) is 0 Å². The minimum absolute atomic E-state index is 0.997. The van der Waals surface area contributed by atoms with E-state index in [0.29, 0.717) is 0 Å². The molecule has 0 aliphatic heterocycles. The first-order valence-electron chi connectivity index (χ1n) is 8.39. The van der Waals surface area contributed by atoms with Crippen molar-refractivity contribution in [3.8, 4) is 0 Å². The zero-order valence-electron chi connectivity index (χ0n) is 13.2. The summed E-state index contributed by atoms with van der Waals surface area (Å²) in [7, 11) is 0. The molecule has 2 heteroatoms. The van der Waals surface area contributed by atoms with E-state index in [2.05, 4.69) is 47.9 Å². The Balaban J connectivity index is 1.77. The predicted molar refractivity (Wildman–Crippen MR) is 89.0 cm³/mol. The molecule has 0 aliphatic carbocycles. The van der Waals surface area contributed by atoms with Crippen molar-refractivity contribution in [2.75, 3.05) is 19.6 Å². The highest BCUT2D eigenvalue weighted by Crippen LogP contribution is 1.99. The van der Waals surface area contributed by atoms with Gasteiger partial charge in [-0.2, -0.15) is 0 Å². The third kappa shape index (κ3) is 9.99. The highest BCUT2D eigenvalue weighted by molar-refractivity contribution is 5.14. The fourth-order valence-corrected chi connectivity index (χ4v) is 2.31. The summed E-state index contributed by atoms with van der Waals surface area (Å²) in [6, 6.07) is 10.6. The van der Waals surface area contributed by atoms with E-state index in [1.54, 1.807) is 0 Å². The zero-order chi connectivity index (χ0) is 14.3. The van der Waals surface area contributed by atoms with Gasteiger partial charge in [-0.25, -0.2) is 0 Å². The van der Waals surface area contributed by atoms with Crippen LogP contribution in [0, 0.1) is 0 Å². The van der Waals surface area contributed by atoms with Crippen LogP contribution in [0.2, 0.25) is 0 Å². The summed E-state index contributed by atoms with van der Waals surface area (Å²) in [6.45, 7) is 6.78. The normalized spacial score (nSPS) is 10.8. The lowest BCUT2D eigenvalue weighted by Crippen LogP contribution is -2.18. The Kier molecular flexibility index (Phi) is 11.3. The molecule has 0 aliphatic rings. The molecule has 1 rings (SSSR count). The lowest BCUT2D eigenvalue weighted by atomic mass is 10.2. The van der Waals surface area contributed by atoms with E-state index < -0.39 is 0 Å². The van der Waals surface area contributed by atoms with Crippen LogP contribution in [0.1, 0.15) is 57.4 Å². The Labute approximate surface area is 125 Å². The summed E-state index contributed by atoms with van der Waals surface area (Å²) in [5, 5.41) is 7.05. The number of nitrogens with one attached hydrogen (secondary N) is 2. The van der Waals surface area contributed by atoms with Gasteiger partial charge in [-0.3, -0.25) is 0 Å². The predicted octanol–water partition coefficient (Wildman–Crippen LogP) is 4.12. The minimum atomic E-state index is 0.997. The maximum atomic E-state index is 3.54. The Morgan fingerprint density at radius 3 is 1.95 bits per heavy atom. The highest BCUT2D eigenvalue weighted by atomic mass is 14.9. The van der Waals surface area contributed by atoms with E-state index in [0.717, 1.165) is 13.1 Å². The van der Waals surface area contributed by atoms with Gasteiger partial charge in [0.05, 0.1) is 0 Å². The van der Waals surface area contributed by atoms with E-state index in [-0.39, 0.29) is 0 Å². The largest absolute Gasteiger partial charge is 0.317 e. The van der Waals surface area contributed by atoms with Gasteiger partial charge in [-0.15, -0.1) is 0 Å². The molecule has 1 aromatic rings. The van der Waals surface area contributed by atoms with E-state index in [1.807, 2.05) is 0 Å². The summed E-state index contributed by atoms with van der Waals surface area (Å²) in [4.78, 5) is 0. The Hall–Kier alpha value is -0.860. The minimum Gasteiger partial charge on any atom is -0.317 e. The molecule has 0 atom stereocenters. The first-order chi connectivity index (χ1) is 9.93. The fourth-order valence-electron chi connectivity index (χ4n) is 2.31. The summed E-state index contributed by atoms with van der Waals surface area (Å²) >= 11 is 0. The Morgan fingerprint density at radius 1 is 0.700 bits per heavy atom. The van der Waals surface area contributed by atoms with Gasteiger partial charge in [0.1, 0.15) is 0 Å². The smallest absolute Gasteiger partial charge is 0.0205 e. The molecule has 0 radical (unpaired) electrons. The number of unbranched alkanes of at least 4 members (excludes halogenated alkanes) is 5. The molecule has 114 valence electrons. The van der Waals surface area contributed by atoms with Crippen molar-refractivity contribution in [3.63, 3.8) is 0 Å². The van der Waals surface area contributed by atoms with Crippen LogP contribution in [0.25, 0.3) is 0 Å². The van der Waals surface area contributed by atoms with E-state index in [9.17, 15) is 0 Å². The lowest BCUT2D eigenvalue weighted by Gasteiger charge is -2.06. The van der Waals surface area contributed by atoms with Crippen LogP contribution in [0.5, 0.6) is 0 Å². The fraction of sp³-hybridized carbons (Fsp3) is 0.667. The maximum Gasteiger partial charge on any atom is 0.0205 e. The van der Waals surface area contributed by atoms with Crippen LogP contribution in [0.4, 0.5) is 0 Å². The highest BCUT2D eigenvalue weighted by Gasteiger charge is 1.93. The molecule has 0 amide bonds. The summed E-state index contributed by atoms with van der Waals surface area (Å²) in [5.41, 5.74) is 1.38. The SMILES string of the molecule is CCCCCCNCCCCCNCc1ccccc1. The molecule has 0 heterocycles.